The van der Waals surface area contributed by atoms with E-state index >= 15 is 0 Å². The summed E-state index contributed by atoms with van der Waals surface area (Å²) in [6.45, 7) is 3.53. The molecule has 0 aromatic carbocycles. The van der Waals surface area contributed by atoms with Crippen LogP contribution in [0.2, 0.25) is 0 Å². The highest BCUT2D eigenvalue weighted by molar-refractivity contribution is 14.1. The molecule has 0 aromatic heterocycles. The molecule has 3 heteroatoms. The van der Waals surface area contributed by atoms with Crippen LogP contribution in [0.3, 0.4) is 0 Å². The fourth-order valence-electron chi connectivity index (χ4n) is 1.28. The van der Waals surface area contributed by atoms with E-state index in [0.29, 0.717) is 3.92 Å². The minimum absolute atomic E-state index is 0.121. The Balaban J connectivity index is 3.85. The van der Waals surface area contributed by atoms with Crippen molar-refractivity contribution in [3.8, 4) is 0 Å². The largest absolute Gasteiger partial charge is 0.390 e. The maximum Gasteiger partial charge on any atom is 0.116 e. The molecule has 12 heavy (non-hydrogen) atoms. The predicted molar refractivity (Wildman–Crippen MR) is 58.5 cm³/mol. The molecule has 0 amide bonds. The number of aliphatic hydroxyl groups is 1. The molecule has 0 fully saturated rings. The SMILES string of the molecule is CCCC[C@@H](C(C)I)[C@H](O)CF. The molecule has 0 saturated carbocycles. The number of halogens is 2. The number of hydrogen-bond donors (Lipinski definition) is 1. The minimum Gasteiger partial charge on any atom is -0.390 e. The van der Waals surface area contributed by atoms with E-state index in [1.54, 1.807) is 0 Å². The minimum atomic E-state index is -0.761. The average molecular weight is 288 g/mol. The molecule has 0 spiro atoms. The third-order valence-electron chi connectivity index (χ3n) is 2.13. The van der Waals surface area contributed by atoms with Gasteiger partial charge in [0.05, 0.1) is 6.10 Å². The van der Waals surface area contributed by atoms with Crippen molar-refractivity contribution in [2.24, 2.45) is 5.92 Å². The van der Waals surface area contributed by atoms with Crippen molar-refractivity contribution >= 4 is 22.6 Å². The van der Waals surface area contributed by atoms with Gasteiger partial charge in [-0.3, -0.25) is 0 Å². The van der Waals surface area contributed by atoms with Gasteiger partial charge in [-0.1, -0.05) is 49.3 Å². The van der Waals surface area contributed by atoms with E-state index in [2.05, 4.69) is 29.5 Å². The second-order valence-corrected chi connectivity index (χ2v) is 5.17. The van der Waals surface area contributed by atoms with E-state index < -0.39 is 12.8 Å². The first-order valence-electron chi connectivity index (χ1n) is 4.51. The highest BCUT2D eigenvalue weighted by Gasteiger charge is 2.22. The summed E-state index contributed by atoms with van der Waals surface area (Å²) in [5.41, 5.74) is 0. The van der Waals surface area contributed by atoms with Gasteiger partial charge >= 0.3 is 0 Å². The Kier molecular flexibility index (Phi) is 7.43. The summed E-state index contributed by atoms with van der Waals surface area (Å²) in [6, 6.07) is 0. The van der Waals surface area contributed by atoms with Crippen molar-refractivity contribution in [2.45, 2.75) is 43.1 Å². The molecule has 3 atom stereocenters. The van der Waals surface area contributed by atoms with Crippen LogP contribution in [0.5, 0.6) is 0 Å². The number of unbranched alkanes of at least 4 members (excludes halogenated alkanes) is 1. The zero-order chi connectivity index (χ0) is 9.56. The van der Waals surface area contributed by atoms with Crippen molar-refractivity contribution in [1.29, 1.82) is 0 Å². The molecule has 0 aliphatic carbocycles. The first kappa shape index (κ1) is 12.6. The summed E-state index contributed by atoms with van der Waals surface area (Å²) in [5.74, 6) is 0.121. The van der Waals surface area contributed by atoms with Crippen LogP contribution >= 0.6 is 22.6 Å². The molecule has 0 radical (unpaired) electrons. The normalized spacial score (nSPS) is 18.8. The van der Waals surface area contributed by atoms with Gasteiger partial charge in [0.15, 0.2) is 0 Å². The average Bonchev–Trinajstić information content (AvgIpc) is 2.04. The molecule has 74 valence electrons. The zero-order valence-electron chi connectivity index (χ0n) is 7.76. The molecule has 1 nitrogen and oxygen atoms in total. The van der Waals surface area contributed by atoms with Gasteiger partial charge in [0.25, 0.3) is 0 Å². The molecule has 0 saturated heterocycles. The maximum absolute atomic E-state index is 12.2. The van der Waals surface area contributed by atoms with E-state index in [1.165, 1.54) is 0 Å². The molecule has 0 aliphatic rings. The Hall–Kier alpha value is 0.620. The second-order valence-electron chi connectivity index (χ2n) is 3.21. The highest BCUT2D eigenvalue weighted by Crippen LogP contribution is 2.23. The fourth-order valence-corrected chi connectivity index (χ4v) is 2.12. The molecule has 1 unspecified atom stereocenters. The van der Waals surface area contributed by atoms with E-state index in [-0.39, 0.29) is 5.92 Å². The van der Waals surface area contributed by atoms with Crippen LogP contribution in [0.25, 0.3) is 0 Å². The number of rotatable bonds is 6. The zero-order valence-corrected chi connectivity index (χ0v) is 9.92. The molecule has 0 heterocycles. The third kappa shape index (κ3) is 4.60. The van der Waals surface area contributed by atoms with Gasteiger partial charge in [0.1, 0.15) is 6.67 Å². The van der Waals surface area contributed by atoms with Crippen LogP contribution in [0.1, 0.15) is 33.1 Å². The Morgan fingerprint density at radius 1 is 1.50 bits per heavy atom. The van der Waals surface area contributed by atoms with E-state index in [1.807, 2.05) is 6.92 Å². The summed E-state index contributed by atoms with van der Waals surface area (Å²) in [6.07, 6.45) is 2.36. The third-order valence-corrected chi connectivity index (χ3v) is 3.06. The second kappa shape index (κ2) is 7.06. The first-order chi connectivity index (χ1) is 5.63. The van der Waals surface area contributed by atoms with Crippen molar-refractivity contribution < 1.29 is 9.50 Å². The lowest BCUT2D eigenvalue weighted by molar-refractivity contribution is 0.0777. The van der Waals surface area contributed by atoms with Gasteiger partial charge in [0.2, 0.25) is 0 Å². The summed E-state index contributed by atoms with van der Waals surface area (Å²) in [7, 11) is 0. The Bertz CT molecular complexity index is 109. The van der Waals surface area contributed by atoms with Crippen LogP contribution in [0, 0.1) is 5.92 Å². The monoisotopic (exact) mass is 288 g/mol. The van der Waals surface area contributed by atoms with Gasteiger partial charge in [-0.2, -0.15) is 0 Å². The lowest BCUT2D eigenvalue weighted by Gasteiger charge is -2.22. The van der Waals surface area contributed by atoms with Gasteiger partial charge in [-0.05, 0) is 12.3 Å². The first-order valence-corrected chi connectivity index (χ1v) is 5.76. The highest BCUT2D eigenvalue weighted by atomic mass is 127. The van der Waals surface area contributed by atoms with Crippen molar-refractivity contribution in [1.82, 2.24) is 0 Å². The standard InChI is InChI=1S/C9H18FIO/c1-3-4-5-8(7(2)11)9(12)6-10/h7-9,12H,3-6H2,1-2H3/t7?,8-,9+/m0/s1. The molecule has 1 N–H and O–H groups in total. The van der Waals surface area contributed by atoms with Crippen LogP contribution < -0.4 is 0 Å². The molecule has 0 rings (SSSR count). The number of alkyl halides is 2. The summed E-state index contributed by atoms with van der Waals surface area (Å²) in [5, 5.41) is 9.33. The summed E-state index contributed by atoms with van der Waals surface area (Å²) >= 11 is 2.26. The fraction of sp³-hybridized carbons (Fsp3) is 1.00. The predicted octanol–water partition coefficient (Wildman–Crippen LogP) is 2.95. The van der Waals surface area contributed by atoms with Gasteiger partial charge in [-0.25, -0.2) is 4.39 Å². The molecular formula is C9H18FIO. The van der Waals surface area contributed by atoms with Crippen LogP contribution in [0.4, 0.5) is 4.39 Å². The Morgan fingerprint density at radius 2 is 2.08 bits per heavy atom. The maximum atomic E-state index is 12.2. The van der Waals surface area contributed by atoms with Crippen LogP contribution in [-0.4, -0.2) is 21.8 Å². The molecule has 0 aliphatic heterocycles. The molecule has 0 aromatic rings. The molecular weight excluding hydrogens is 270 g/mol. The Labute approximate surface area is 87.9 Å². The van der Waals surface area contributed by atoms with Gasteiger partial charge < -0.3 is 5.11 Å². The topological polar surface area (TPSA) is 20.2 Å². The van der Waals surface area contributed by atoms with Crippen molar-refractivity contribution in [2.75, 3.05) is 6.67 Å². The van der Waals surface area contributed by atoms with E-state index in [4.69, 9.17) is 0 Å². The summed E-state index contributed by atoms with van der Waals surface area (Å²) in [4.78, 5) is 0. The van der Waals surface area contributed by atoms with Crippen molar-refractivity contribution in [3.63, 3.8) is 0 Å². The van der Waals surface area contributed by atoms with Crippen molar-refractivity contribution in [3.05, 3.63) is 0 Å². The molecule has 0 bridgehead atoms. The van der Waals surface area contributed by atoms with Gasteiger partial charge in [0, 0.05) is 3.92 Å². The number of hydrogen-bond acceptors (Lipinski definition) is 1. The summed E-state index contributed by atoms with van der Waals surface area (Å²) < 4.78 is 12.5. The van der Waals surface area contributed by atoms with Gasteiger partial charge in [-0.15, -0.1) is 0 Å². The Morgan fingerprint density at radius 3 is 2.42 bits per heavy atom. The smallest absolute Gasteiger partial charge is 0.116 e. The van der Waals surface area contributed by atoms with E-state index in [0.717, 1.165) is 19.3 Å². The lowest BCUT2D eigenvalue weighted by atomic mass is 9.94. The van der Waals surface area contributed by atoms with Crippen LogP contribution in [-0.2, 0) is 0 Å². The van der Waals surface area contributed by atoms with E-state index in [9.17, 15) is 9.50 Å². The lowest BCUT2D eigenvalue weighted by Crippen LogP contribution is -2.28. The van der Waals surface area contributed by atoms with Crippen LogP contribution in [0.15, 0.2) is 0 Å². The quantitative estimate of drug-likeness (QED) is 0.588. The number of aliphatic hydroxyl groups excluding tert-OH is 1.